The van der Waals surface area contributed by atoms with Crippen molar-refractivity contribution in [1.82, 2.24) is 20.3 Å². The van der Waals surface area contributed by atoms with Gasteiger partial charge in [0.05, 0.1) is 12.4 Å². The summed E-state index contributed by atoms with van der Waals surface area (Å²) in [4.78, 5) is 41.3. The lowest BCUT2D eigenvalue weighted by molar-refractivity contribution is -0.133. The minimum Gasteiger partial charge on any atom is -0.353 e. The number of aromatic nitrogens is 2. The number of piperazine rings is 1. The van der Waals surface area contributed by atoms with E-state index in [0.717, 1.165) is 18.7 Å². The van der Waals surface area contributed by atoms with Crippen LogP contribution < -0.4 is 10.4 Å². The van der Waals surface area contributed by atoms with Crippen LogP contribution in [-0.2, 0) is 14.4 Å². The summed E-state index contributed by atoms with van der Waals surface area (Å²) in [7, 11) is 0. The van der Waals surface area contributed by atoms with Gasteiger partial charge in [0, 0.05) is 38.2 Å². The van der Waals surface area contributed by atoms with Crippen LogP contribution in [0.1, 0.15) is 19.8 Å². The molecule has 8 nitrogen and oxygen atoms in total. The molecule has 1 N–H and O–H groups in total. The highest BCUT2D eigenvalue weighted by Gasteiger charge is 2.34. The molecule has 2 fully saturated rings. The van der Waals surface area contributed by atoms with Gasteiger partial charge in [0.25, 0.3) is 5.91 Å². The highest BCUT2D eigenvalue weighted by Crippen LogP contribution is 2.31. The Morgan fingerprint density at radius 3 is 2.69 bits per heavy atom. The molecule has 0 radical (unpaired) electrons. The average molecular weight is 400 g/mol. The van der Waals surface area contributed by atoms with E-state index in [2.05, 4.69) is 20.3 Å². The van der Waals surface area contributed by atoms with Crippen LogP contribution in [0.4, 0.5) is 5.82 Å². The summed E-state index contributed by atoms with van der Waals surface area (Å²) in [6.45, 7) is 5.00. The maximum atomic E-state index is 12.1. The van der Waals surface area contributed by atoms with Gasteiger partial charge in [0.1, 0.15) is 11.0 Å². The van der Waals surface area contributed by atoms with Crippen molar-refractivity contribution < 1.29 is 14.4 Å². The number of nitrogens with zero attached hydrogens (tertiary/aromatic N) is 4. The fourth-order valence-corrected chi connectivity index (χ4v) is 3.54. The highest BCUT2D eigenvalue weighted by atomic mass is 35.5. The highest BCUT2D eigenvalue weighted by molar-refractivity contribution is 7.99. The minimum absolute atomic E-state index is 0.142. The number of anilines is 1. The van der Waals surface area contributed by atoms with Gasteiger partial charge < -0.3 is 9.80 Å². The Bertz CT molecular complexity index is 665. The molecule has 0 aromatic carbocycles. The predicted octanol–water partition coefficient (Wildman–Crippen LogP) is 1.35. The average Bonchev–Trinajstić information content (AvgIpc) is 3.49. The molecule has 0 atom stereocenters. The first-order chi connectivity index (χ1) is 12.6. The van der Waals surface area contributed by atoms with Gasteiger partial charge >= 0.3 is 0 Å². The largest absolute Gasteiger partial charge is 0.353 e. The number of rotatable bonds is 7. The molecule has 1 aromatic rings. The molecule has 2 heterocycles. The van der Waals surface area contributed by atoms with E-state index >= 15 is 0 Å². The van der Waals surface area contributed by atoms with E-state index in [4.69, 9.17) is 16.4 Å². The Hall–Kier alpha value is -1.58. The molecule has 0 bridgehead atoms. The Balaban J connectivity index is 1.55. The molecule has 142 valence electrons. The molecular formula is C16H22ClN5O3S. The van der Waals surface area contributed by atoms with Crippen LogP contribution >= 0.6 is 23.4 Å². The van der Waals surface area contributed by atoms with Gasteiger partial charge in [0.2, 0.25) is 5.91 Å². The van der Waals surface area contributed by atoms with Crippen LogP contribution in [-0.4, -0.2) is 65.2 Å². The number of thioether (sulfide) groups is 1. The van der Waals surface area contributed by atoms with Crippen molar-refractivity contribution in [1.29, 1.82) is 0 Å². The van der Waals surface area contributed by atoms with Crippen molar-refractivity contribution in [2.45, 2.75) is 24.9 Å². The summed E-state index contributed by atoms with van der Waals surface area (Å²) in [5, 5.41) is 0.773. The zero-order valence-electron chi connectivity index (χ0n) is 14.6. The number of hydrogen-bond donors (Lipinski definition) is 1. The third kappa shape index (κ3) is 5.21. The molecule has 1 aliphatic heterocycles. The second-order valence-corrected chi connectivity index (χ2v) is 7.49. The molecule has 0 spiro atoms. The van der Waals surface area contributed by atoms with Crippen LogP contribution in [0, 0.1) is 5.92 Å². The van der Waals surface area contributed by atoms with Gasteiger partial charge in [0.15, 0.2) is 5.16 Å². The Morgan fingerprint density at radius 2 is 2.04 bits per heavy atom. The van der Waals surface area contributed by atoms with Gasteiger partial charge in [-0.25, -0.2) is 15.4 Å². The van der Waals surface area contributed by atoms with Gasteiger partial charge in [-0.3, -0.25) is 14.4 Å². The van der Waals surface area contributed by atoms with Gasteiger partial charge in [-0.1, -0.05) is 23.4 Å². The van der Waals surface area contributed by atoms with Gasteiger partial charge in [-0.2, -0.15) is 0 Å². The van der Waals surface area contributed by atoms with Crippen molar-refractivity contribution in [3.63, 3.8) is 0 Å². The molecular weight excluding hydrogens is 378 g/mol. The number of carbonyl (C=O) groups excluding carboxylic acids is 2. The Kier molecular flexibility index (Phi) is 6.55. The lowest BCUT2D eigenvalue weighted by atomic mass is 10.2. The molecule has 1 saturated carbocycles. The maximum Gasteiger partial charge on any atom is 0.254 e. The quantitative estimate of drug-likeness (QED) is 0.320. The molecule has 1 aliphatic carbocycles. The van der Waals surface area contributed by atoms with Crippen LogP contribution in [0.5, 0.6) is 0 Å². The fourth-order valence-electron chi connectivity index (χ4n) is 2.67. The fraction of sp³-hybridized carbons (Fsp3) is 0.625. The van der Waals surface area contributed by atoms with E-state index in [1.54, 1.807) is 13.0 Å². The number of carbonyl (C=O) groups is 2. The van der Waals surface area contributed by atoms with Crippen molar-refractivity contribution in [3.8, 4) is 0 Å². The van der Waals surface area contributed by atoms with E-state index in [9.17, 15) is 9.59 Å². The van der Waals surface area contributed by atoms with Crippen LogP contribution in [0.15, 0.2) is 11.2 Å². The van der Waals surface area contributed by atoms with E-state index in [1.165, 1.54) is 11.8 Å². The van der Waals surface area contributed by atoms with Gasteiger partial charge in [-0.05, 0) is 19.8 Å². The zero-order chi connectivity index (χ0) is 18.5. The first-order valence-electron chi connectivity index (χ1n) is 8.68. The maximum absolute atomic E-state index is 12.1. The molecule has 3 rings (SSSR count). The van der Waals surface area contributed by atoms with E-state index in [-0.39, 0.29) is 23.5 Å². The lowest BCUT2D eigenvalue weighted by Gasteiger charge is -2.35. The van der Waals surface area contributed by atoms with E-state index < -0.39 is 0 Å². The summed E-state index contributed by atoms with van der Waals surface area (Å²) in [6, 6.07) is 1.71. The molecule has 1 saturated heterocycles. The number of nitrogens with one attached hydrogen (secondary N) is 1. The van der Waals surface area contributed by atoms with E-state index in [1.807, 2.05) is 4.90 Å². The number of hydroxylamine groups is 1. The summed E-state index contributed by atoms with van der Waals surface area (Å²) >= 11 is 7.32. The molecule has 2 aliphatic rings. The van der Waals surface area contributed by atoms with E-state index in [0.29, 0.717) is 43.1 Å². The monoisotopic (exact) mass is 399 g/mol. The second-order valence-electron chi connectivity index (χ2n) is 6.16. The van der Waals surface area contributed by atoms with Crippen molar-refractivity contribution in [3.05, 3.63) is 11.2 Å². The molecule has 2 amide bonds. The first-order valence-corrected chi connectivity index (χ1v) is 10.0. The van der Waals surface area contributed by atoms with Gasteiger partial charge in [-0.15, -0.1) is 0 Å². The molecule has 1 aromatic heterocycles. The van der Waals surface area contributed by atoms with Crippen LogP contribution in [0.3, 0.4) is 0 Å². The third-order valence-corrected chi connectivity index (χ3v) is 5.21. The minimum atomic E-state index is -0.255. The van der Waals surface area contributed by atoms with Crippen molar-refractivity contribution in [2.24, 2.45) is 5.92 Å². The van der Waals surface area contributed by atoms with Crippen LogP contribution in [0.2, 0.25) is 5.15 Å². The molecule has 26 heavy (non-hydrogen) atoms. The van der Waals surface area contributed by atoms with Crippen molar-refractivity contribution in [2.75, 3.05) is 43.4 Å². The smallest absolute Gasteiger partial charge is 0.254 e. The Labute approximate surface area is 161 Å². The normalized spacial score (nSPS) is 17.3. The number of halogens is 1. The zero-order valence-corrected chi connectivity index (χ0v) is 16.2. The lowest BCUT2D eigenvalue weighted by Crippen LogP contribution is -2.49. The van der Waals surface area contributed by atoms with Crippen LogP contribution in [0.25, 0.3) is 0 Å². The summed E-state index contributed by atoms with van der Waals surface area (Å²) in [6.07, 6.45) is 2.05. The predicted molar refractivity (Wildman–Crippen MR) is 99.1 cm³/mol. The SMILES string of the molecule is CCONC(=O)CSc1nc(Cl)cc(N2CCN(C(=O)C3CC3)CC2)n1. The van der Waals surface area contributed by atoms with Crippen molar-refractivity contribution >= 4 is 41.0 Å². The topological polar surface area (TPSA) is 87.7 Å². The second kappa shape index (κ2) is 8.88. The third-order valence-electron chi connectivity index (χ3n) is 4.17. The Morgan fingerprint density at radius 1 is 1.31 bits per heavy atom. The summed E-state index contributed by atoms with van der Waals surface area (Å²) in [5.41, 5.74) is 2.33. The molecule has 0 unspecified atom stereocenters. The molecule has 10 heteroatoms. The first kappa shape index (κ1) is 19.2. The number of hydrogen-bond acceptors (Lipinski definition) is 7. The standard InChI is InChI=1S/C16H22ClN5O3S/c1-2-25-20-14(23)10-26-16-18-12(17)9-13(19-16)21-5-7-22(8-6-21)15(24)11-3-4-11/h9,11H,2-8,10H2,1H3,(H,20,23). The summed E-state index contributed by atoms with van der Waals surface area (Å²) in [5.74, 6) is 1.14. The number of amides is 2. The summed E-state index contributed by atoms with van der Waals surface area (Å²) < 4.78 is 0.